The van der Waals surface area contributed by atoms with Crippen LogP contribution in [0.4, 0.5) is 0 Å². The first-order chi connectivity index (χ1) is 12.3. The van der Waals surface area contributed by atoms with Crippen LogP contribution in [0.15, 0.2) is 35.2 Å². The van der Waals surface area contributed by atoms with Gasteiger partial charge in [0.2, 0.25) is 0 Å². The highest BCUT2D eigenvalue weighted by molar-refractivity contribution is 7.97. The first-order valence-electron chi connectivity index (χ1n) is 8.19. The molecule has 27 heavy (non-hydrogen) atoms. The van der Waals surface area contributed by atoms with Crippen LogP contribution in [0.1, 0.15) is 36.5 Å². The molecule has 0 unspecified atom stereocenters. The van der Waals surface area contributed by atoms with Gasteiger partial charge in [0.1, 0.15) is 17.2 Å². The lowest BCUT2D eigenvalue weighted by atomic mass is 10.0. The van der Waals surface area contributed by atoms with Crippen LogP contribution >= 0.6 is 7.60 Å². The van der Waals surface area contributed by atoms with E-state index in [0.717, 1.165) is 5.56 Å². The summed E-state index contributed by atoms with van der Waals surface area (Å²) in [5.41, 5.74) is 0.509. The number of ether oxygens (including phenoxy) is 1. The molecule has 0 spiro atoms. The number of phenols is 1. The first-order valence-corrected chi connectivity index (χ1v) is 11.6. The summed E-state index contributed by atoms with van der Waals surface area (Å²) in [6.45, 7) is 7.19. The van der Waals surface area contributed by atoms with E-state index in [4.69, 9.17) is 14.5 Å². The number of rotatable bonds is 6. The van der Waals surface area contributed by atoms with Crippen LogP contribution < -0.4 is 4.74 Å². The van der Waals surface area contributed by atoms with Gasteiger partial charge in [-0.1, -0.05) is 13.8 Å². The van der Waals surface area contributed by atoms with Crippen molar-refractivity contribution in [2.45, 2.75) is 38.5 Å². The third kappa shape index (κ3) is 5.32. The number of aryl methyl sites for hydroxylation is 2. The summed E-state index contributed by atoms with van der Waals surface area (Å²) in [5.74, 6) is 1.21. The van der Waals surface area contributed by atoms with Crippen molar-refractivity contribution in [3.63, 3.8) is 0 Å². The van der Waals surface area contributed by atoms with Gasteiger partial charge in [0.25, 0.3) is 0 Å². The predicted molar refractivity (Wildman–Crippen MR) is 102 cm³/mol. The summed E-state index contributed by atoms with van der Waals surface area (Å²) < 4.78 is 41.4. The Balaban J connectivity index is 2.41. The van der Waals surface area contributed by atoms with Crippen LogP contribution in [0.25, 0.3) is 0 Å². The molecule has 7 nitrogen and oxygen atoms in total. The van der Waals surface area contributed by atoms with E-state index in [0.29, 0.717) is 22.6 Å². The van der Waals surface area contributed by atoms with Crippen LogP contribution in [-0.4, -0.2) is 28.8 Å². The van der Waals surface area contributed by atoms with Gasteiger partial charge in [0.05, 0.1) is 4.90 Å². The normalized spacial score (nSPS) is 12.4. The highest BCUT2D eigenvalue weighted by atomic mass is 32.2. The minimum absolute atomic E-state index is 0.0934. The molecule has 0 aliphatic carbocycles. The van der Waals surface area contributed by atoms with E-state index in [1.165, 1.54) is 18.2 Å². The molecule has 0 aliphatic heterocycles. The number of hydrogen-bond donors (Lipinski definition) is 3. The Bertz CT molecular complexity index is 983. The molecule has 3 N–H and O–H groups in total. The molecule has 0 radical (unpaired) electrons. The van der Waals surface area contributed by atoms with E-state index in [1.54, 1.807) is 26.0 Å². The van der Waals surface area contributed by atoms with Gasteiger partial charge in [-0.3, -0.25) is 4.57 Å². The second kappa shape index (κ2) is 7.64. The molecule has 0 atom stereocenters. The lowest BCUT2D eigenvalue weighted by molar-refractivity contribution is 0.378. The Kier molecular flexibility index (Phi) is 6.06. The molecular formula is C18H23O7PS. The largest absolute Gasteiger partial charge is 0.508 e. The summed E-state index contributed by atoms with van der Waals surface area (Å²) in [6, 6.07) is 7.53. The summed E-state index contributed by atoms with van der Waals surface area (Å²) in [5, 5.41) is 9.91. The Morgan fingerprint density at radius 2 is 1.63 bits per heavy atom. The molecule has 0 aliphatic rings. The zero-order valence-electron chi connectivity index (χ0n) is 15.5. The fourth-order valence-electron chi connectivity index (χ4n) is 2.72. The topological polar surface area (TPSA) is 121 Å². The fraction of sp³-hybridized carbons (Fsp3) is 0.333. The van der Waals surface area contributed by atoms with Crippen molar-refractivity contribution in [2.24, 2.45) is 0 Å². The summed E-state index contributed by atoms with van der Waals surface area (Å²) in [4.78, 5) is 17.8. The van der Waals surface area contributed by atoms with Gasteiger partial charge in [0.15, 0.2) is 15.3 Å². The molecule has 2 rings (SSSR count). The molecule has 0 bridgehead atoms. The fourth-order valence-corrected chi connectivity index (χ4v) is 5.80. The van der Waals surface area contributed by atoms with Crippen molar-refractivity contribution in [1.82, 2.24) is 0 Å². The molecule has 0 aromatic heterocycles. The van der Waals surface area contributed by atoms with Crippen LogP contribution in [0.5, 0.6) is 17.2 Å². The number of sulfone groups is 1. The van der Waals surface area contributed by atoms with Gasteiger partial charge in [-0.2, -0.15) is 0 Å². The molecule has 0 amide bonds. The highest BCUT2D eigenvalue weighted by Gasteiger charge is 2.27. The van der Waals surface area contributed by atoms with Crippen LogP contribution in [0.3, 0.4) is 0 Å². The number of phenolic OH excluding ortho intramolecular Hbond substituents is 1. The average Bonchev–Trinajstić information content (AvgIpc) is 2.49. The molecule has 2 aromatic carbocycles. The van der Waals surface area contributed by atoms with E-state index in [9.17, 15) is 18.1 Å². The Morgan fingerprint density at radius 3 is 2.11 bits per heavy atom. The van der Waals surface area contributed by atoms with E-state index >= 15 is 0 Å². The summed E-state index contributed by atoms with van der Waals surface area (Å²) in [6.07, 6.45) is 0. The van der Waals surface area contributed by atoms with Gasteiger partial charge >= 0.3 is 7.60 Å². The Labute approximate surface area is 158 Å². The zero-order valence-corrected chi connectivity index (χ0v) is 17.2. The maximum Gasteiger partial charge on any atom is 0.340 e. The van der Waals surface area contributed by atoms with Gasteiger partial charge < -0.3 is 19.6 Å². The summed E-state index contributed by atoms with van der Waals surface area (Å²) in [7, 11) is -8.84. The molecule has 0 heterocycles. The van der Waals surface area contributed by atoms with Gasteiger partial charge in [-0.05, 0) is 61.2 Å². The maximum absolute atomic E-state index is 12.2. The smallest absolute Gasteiger partial charge is 0.340 e. The third-order valence-corrected chi connectivity index (χ3v) is 7.63. The monoisotopic (exact) mass is 414 g/mol. The van der Waals surface area contributed by atoms with Crippen molar-refractivity contribution in [3.05, 3.63) is 47.0 Å². The SMILES string of the molecule is Cc1cc(S(=O)(=O)CP(=O)(O)O)cc(C)c1Oc1ccc(O)c(C(C)C)c1. The van der Waals surface area contributed by atoms with Crippen molar-refractivity contribution < 1.29 is 32.6 Å². The first kappa shape index (κ1) is 21.4. The predicted octanol–water partition coefficient (Wildman–Crippen LogP) is 3.83. The number of aromatic hydroxyl groups is 1. The molecule has 148 valence electrons. The molecule has 0 saturated carbocycles. The zero-order chi connectivity index (χ0) is 20.6. The minimum atomic E-state index is -4.71. The molecule has 2 aromatic rings. The standard InChI is InChI=1S/C18H23O7PS/c1-11(2)16-9-14(5-6-17(16)19)25-18-12(3)7-15(8-13(18)4)27(23,24)10-26(20,21)22/h5-9,11,19H,10H2,1-4H3,(H2,20,21,22). The second-order valence-electron chi connectivity index (χ2n) is 6.77. The van der Waals surface area contributed by atoms with E-state index in [1.807, 2.05) is 13.8 Å². The average molecular weight is 414 g/mol. The molecular weight excluding hydrogens is 391 g/mol. The maximum atomic E-state index is 12.2. The van der Waals surface area contributed by atoms with Crippen molar-refractivity contribution in [3.8, 4) is 17.2 Å². The third-order valence-electron chi connectivity index (χ3n) is 3.97. The van der Waals surface area contributed by atoms with Crippen molar-refractivity contribution in [2.75, 3.05) is 5.49 Å². The van der Waals surface area contributed by atoms with Crippen LogP contribution in [-0.2, 0) is 14.4 Å². The van der Waals surface area contributed by atoms with Crippen LogP contribution in [0, 0.1) is 13.8 Å². The molecule has 0 saturated heterocycles. The van der Waals surface area contributed by atoms with Crippen LogP contribution in [0.2, 0.25) is 0 Å². The quantitative estimate of drug-likeness (QED) is 0.614. The van der Waals surface area contributed by atoms with E-state index in [-0.39, 0.29) is 16.6 Å². The summed E-state index contributed by atoms with van der Waals surface area (Å²) >= 11 is 0. The van der Waals surface area contributed by atoms with Gasteiger partial charge in [-0.15, -0.1) is 0 Å². The van der Waals surface area contributed by atoms with Gasteiger partial charge in [-0.25, -0.2) is 8.42 Å². The van der Waals surface area contributed by atoms with Crippen molar-refractivity contribution >= 4 is 17.4 Å². The highest BCUT2D eigenvalue weighted by Crippen LogP contribution is 2.40. The second-order valence-corrected chi connectivity index (χ2v) is 10.8. The lowest BCUT2D eigenvalue weighted by Gasteiger charge is -2.16. The van der Waals surface area contributed by atoms with Gasteiger partial charge in [0, 0.05) is 5.56 Å². The van der Waals surface area contributed by atoms with Crippen molar-refractivity contribution in [1.29, 1.82) is 0 Å². The Hall–Kier alpha value is -1.86. The molecule has 9 heteroatoms. The minimum Gasteiger partial charge on any atom is -0.508 e. The number of hydrogen-bond acceptors (Lipinski definition) is 5. The van der Waals surface area contributed by atoms with E-state index in [2.05, 4.69) is 0 Å². The molecule has 0 fully saturated rings. The Morgan fingerprint density at radius 1 is 1.07 bits per heavy atom. The van der Waals surface area contributed by atoms with E-state index < -0.39 is 22.9 Å². The lowest BCUT2D eigenvalue weighted by Crippen LogP contribution is -2.08. The number of benzene rings is 2.